The summed E-state index contributed by atoms with van der Waals surface area (Å²) in [7, 11) is 0. The van der Waals surface area contributed by atoms with Crippen molar-refractivity contribution in [3.05, 3.63) is 89.6 Å². The molecule has 0 amide bonds. The van der Waals surface area contributed by atoms with Crippen molar-refractivity contribution in [1.82, 2.24) is 4.57 Å². The van der Waals surface area contributed by atoms with Gasteiger partial charge >= 0.3 is 11.9 Å². The summed E-state index contributed by atoms with van der Waals surface area (Å²) >= 11 is 0. The van der Waals surface area contributed by atoms with Crippen molar-refractivity contribution in [1.29, 1.82) is 0 Å². The topological polar surface area (TPSA) is 76.0 Å². The van der Waals surface area contributed by atoms with E-state index in [9.17, 15) is 9.59 Å². The summed E-state index contributed by atoms with van der Waals surface area (Å²) in [5, 5.41) is 0.676. The summed E-state index contributed by atoms with van der Waals surface area (Å²) < 4.78 is 23.9. The Kier molecular flexibility index (Phi) is 7.90. The zero-order chi connectivity index (χ0) is 25.5. The highest BCUT2D eigenvalue weighted by Gasteiger charge is 2.22. The summed E-state index contributed by atoms with van der Waals surface area (Å²) in [5.41, 5.74) is 3.80. The Morgan fingerprint density at radius 1 is 0.806 bits per heavy atom. The van der Waals surface area contributed by atoms with E-state index < -0.39 is 11.9 Å². The lowest BCUT2D eigenvalue weighted by Gasteiger charge is -2.11. The van der Waals surface area contributed by atoms with Crippen molar-refractivity contribution in [2.24, 2.45) is 0 Å². The Labute approximate surface area is 210 Å². The number of aromatic nitrogens is 1. The molecule has 186 valence electrons. The number of ether oxygens (including phenoxy) is 4. The first-order valence-corrected chi connectivity index (χ1v) is 11.9. The van der Waals surface area contributed by atoms with Crippen molar-refractivity contribution in [3.8, 4) is 17.2 Å². The Morgan fingerprint density at radius 2 is 1.53 bits per heavy atom. The van der Waals surface area contributed by atoms with Gasteiger partial charge in [0.2, 0.25) is 0 Å². The molecular weight excluding hydrogens is 458 g/mol. The summed E-state index contributed by atoms with van der Waals surface area (Å²) in [6.07, 6.45) is 0. The van der Waals surface area contributed by atoms with Crippen molar-refractivity contribution in [3.63, 3.8) is 0 Å². The third-order valence-corrected chi connectivity index (χ3v) is 5.66. The van der Waals surface area contributed by atoms with Gasteiger partial charge in [0.05, 0.1) is 24.3 Å². The maximum Gasteiger partial charge on any atom is 0.344 e. The second-order valence-electron chi connectivity index (χ2n) is 8.06. The molecular formula is C29H29NO6. The van der Waals surface area contributed by atoms with Crippen LogP contribution >= 0.6 is 0 Å². The van der Waals surface area contributed by atoms with Gasteiger partial charge in [-0.05, 0) is 68.8 Å². The van der Waals surface area contributed by atoms with E-state index in [1.165, 1.54) is 0 Å². The molecule has 0 aliphatic carbocycles. The predicted octanol–water partition coefficient (Wildman–Crippen LogP) is 5.64. The van der Waals surface area contributed by atoms with Gasteiger partial charge in [-0.1, -0.05) is 30.3 Å². The van der Waals surface area contributed by atoms with Crippen molar-refractivity contribution < 1.29 is 28.5 Å². The zero-order valence-corrected chi connectivity index (χ0v) is 20.7. The van der Waals surface area contributed by atoms with Gasteiger partial charge in [-0.15, -0.1) is 0 Å². The van der Waals surface area contributed by atoms with E-state index in [4.69, 9.17) is 18.9 Å². The predicted molar refractivity (Wildman–Crippen MR) is 137 cm³/mol. The Hall–Kier alpha value is -4.26. The number of hydrogen-bond donors (Lipinski definition) is 0. The van der Waals surface area contributed by atoms with Gasteiger partial charge in [0.15, 0.2) is 6.61 Å². The highest BCUT2D eigenvalue weighted by Crippen LogP contribution is 2.33. The van der Waals surface area contributed by atoms with E-state index in [0.717, 1.165) is 28.2 Å². The first-order valence-electron chi connectivity index (χ1n) is 11.9. The molecule has 4 rings (SSSR count). The summed E-state index contributed by atoms with van der Waals surface area (Å²) in [5.74, 6) is 0.334. The Balaban J connectivity index is 1.60. The molecule has 0 N–H and O–H groups in total. The average Bonchev–Trinajstić information content (AvgIpc) is 3.18. The molecule has 1 aromatic heterocycles. The minimum atomic E-state index is -0.479. The fourth-order valence-electron chi connectivity index (χ4n) is 4.06. The van der Waals surface area contributed by atoms with E-state index in [1.807, 2.05) is 79.1 Å². The standard InChI is InChI=1S/C29H29NO6/c1-4-33-23-13-11-22(12-14-23)30-20(3)28(29(32)34-5-2)25-17-24(15-16-26(25)30)35-19-27(31)36-18-21-9-7-6-8-10-21/h6-17H,4-5,18-19H2,1-3H3. The van der Waals surface area contributed by atoms with E-state index in [0.29, 0.717) is 23.3 Å². The first kappa shape index (κ1) is 24.9. The molecule has 0 saturated carbocycles. The minimum absolute atomic E-state index is 0.180. The van der Waals surface area contributed by atoms with Crippen LogP contribution in [0, 0.1) is 6.92 Å². The van der Waals surface area contributed by atoms with Crippen LogP contribution < -0.4 is 9.47 Å². The van der Waals surface area contributed by atoms with E-state index in [2.05, 4.69) is 0 Å². The fraction of sp³-hybridized carbons (Fsp3) is 0.241. The van der Waals surface area contributed by atoms with Crippen LogP contribution in [0.5, 0.6) is 11.5 Å². The molecule has 0 fully saturated rings. The fourth-order valence-corrected chi connectivity index (χ4v) is 4.06. The average molecular weight is 488 g/mol. The van der Waals surface area contributed by atoms with Gasteiger partial charge in [-0.25, -0.2) is 9.59 Å². The molecule has 4 aromatic rings. The molecule has 3 aromatic carbocycles. The van der Waals surface area contributed by atoms with Crippen LogP contribution in [-0.2, 0) is 20.9 Å². The van der Waals surface area contributed by atoms with Gasteiger partial charge in [0.25, 0.3) is 0 Å². The SMILES string of the molecule is CCOC(=O)c1c(C)n(-c2ccc(OCC)cc2)c2ccc(OCC(=O)OCc3ccccc3)cc12. The van der Waals surface area contributed by atoms with Crippen LogP contribution in [0.2, 0.25) is 0 Å². The number of carbonyl (C=O) groups excluding carboxylic acids is 2. The number of fused-ring (bicyclic) bond motifs is 1. The van der Waals surface area contributed by atoms with Gasteiger partial charge in [-0.2, -0.15) is 0 Å². The third-order valence-electron chi connectivity index (χ3n) is 5.66. The van der Waals surface area contributed by atoms with Crippen molar-refractivity contribution >= 4 is 22.8 Å². The van der Waals surface area contributed by atoms with Gasteiger partial charge < -0.3 is 23.5 Å². The lowest BCUT2D eigenvalue weighted by atomic mass is 10.1. The Morgan fingerprint density at radius 3 is 2.22 bits per heavy atom. The summed E-state index contributed by atoms with van der Waals surface area (Å²) in [4.78, 5) is 25.1. The molecule has 0 radical (unpaired) electrons. The number of hydrogen-bond acceptors (Lipinski definition) is 6. The quantitative estimate of drug-likeness (QED) is 0.270. The molecule has 7 nitrogen and oxygen atoms in total. The maximum atomic E-state index is 12.9. The first-order chi connectivity index (χ1) is 17.5. The van der Waals surface area contributed by atoms with Crippen LogP contribution in [0.25, 0.3) is 16.6 Å². The molecule has 36 heavy (non-hydrogen) atoms. The molecule has 0 bridgehead atoms. The van der Waals surface area contributed by atoms with Gasteiger partial charge in [0.1, 0.15) is 18.1 Å². The number of rotatable bonds is 10. The van der Waals surface area contributed by atoms with E-state index in [-0.39, 0.29) is 19.8 Å². The van der Waals surface area contributed by atoms with Crippen molar-refractivity contribution in [2.75, 3.05) is 19.8 Å². The Bertz CT molecular complexity index is 1340. The smallest absolute Gasteiger partial charge is 0.344 e. The molecule has 0 saturated heterocycles. The van der Waals surface area contributed by atoms with Crippen LogP contribution in [0.15, 0.2) is 72.8 Å². The van der Waals surface area contributed by atoms with Crippen LogP contribution in [0.3, 0.4) is 0 Å². The minimum Gasteiger partial charge on any atom is -0.494 e. The highest BCUT2D eigenvalue weighted by molar-refractivity contribution is 6.07. The monoisotopic (exact) mass is 487 g/mol. The molecule has 0 spiro atoms. The van der Waals surface area contributed by atoms with Gasteiger partial charge in [0, 0.05) is 16.8 Å². The van der Waals surface area contributed by atoms with E-state index >= 15 is 0 Å². The zero-order valence-electron chi connectivity index (χ0n) is 20.7. The van der Waals surface area contributed by atoms with E-state index in [1.54, 1.807) is 19.1 Å². The van der Waals surface area contributed by atoms with Crippen molar-refractivity contribution in [2.45, 2.75) is 27.4 Å². The number of nitrogens with zero attached hydrogens (tertiary/aromatic N) is 1. The molecule has 0 aliphatic heterocycles. The number of carbonyl (C=O) groups is 2. The summed E-state index contributed by atoms with van der Waals surface area (Å²) in [6.45, 7) is 6.37. The van der Waals surface area contributed by atoms with Crippen LogP contribution in [0.4, 0.5) is 0 Å². The maximum absolute atomic E-state index is 12.9. The molecule has 7 heteroatoms. The molecule has 0 atom stereocenters. The highest BCUT2D eigenvalue weighted by atomic mass is 16.6. The number of benzene rings is 3. The summed E-state index contributed by atoms with van der Waals surface area (Å²) in [6, 6.07) is 22.5. The van der Waals surface area contributed by atoms with Crippen LogP contribution in [-0.4, -0.2) is 36.3 Å². The lowest BCUT2D eigenvalue weighted by molar-refractivity contribution is -0.147. The lowest BCUT2D eigenvalue weighted by Crippen LogP contribution is -2.14. The molecule has 1 heterocycles. The molecule has 0 unspecified atom stereocenters. The van der Waals surface area contributed by atoms with Gasteiger partial charge in [-0.3, -0.25) is 0 Å². The third kappa shape index (κ3) is 5.51. The second kappa shape index (κ2) is 11.4. The number of esters is 2. The second-order valence-corrected chi connectivity index (χ2v) is 8.06. The molecule has 0 aliphatic rings. The van der Waals surface area contributed by atoms with Crippen LogP contribution in [0.1, 0.15) is 35.5 Å². The normalized spacial score (nSPS) is 10.8. The largest absolute Gasteiger partial charge is 0.494 e.